The van der Waals surface area contributed by atoms with Gasteiger partial charge in [0.05, 0.1) is 37.7 Å². The number of carbonyl (C=O) groups excluding carboxylic acids is 1. The fraction of sp³-hybridized carbons (Fsp3) is 0.154. The average Bonchev–Trinajstić information content (AvgIpc) is 3.34. The number of methoxy groups -OCH3 is 3. The van der Waals surface area contributed by atoms with Gasteiger partial charge in [0.1, 0.15) is 0 Å². The van der Waals surface area contributed by atoms with Gasteiger partial charge in [-0.15, -0.1) is 0 Å². The average molecular weight is 532 g/mol. The number of alkyl halides is 3. The van der Waals surface area contributed by atoms with Gasteiger partial charge < -0.3 is 19.5 Å². The highest BCUT2D eigenvalue weighted by molar-refractivity contribution is 6.32. The predicted octanol–water partition coefficient (Wildman–Crippen LogP) is 6.49. The van der Waals surface area contributed by atoms with Crippen LogP contribution in [-0.2, 0) is 6.18 Å². The van der Waals surface area contributed by atoms with Gasteiger partial charge in [-0.1, -0.05) is 35.9 Å². The summed E-state index contributed by atoms with van der Waals surface area (Å²) >= 11 is 6.23. The van der Waals surface area contributed by atoms with Gasteiger partial charge in [-0.2, -0.15) is 18.3 Å². The third kappa shape index (κ3) is 5.34. The first-order valence-electron chi connectivity index (χ1n) is 10.8. The number of rotatable bonds is 7. The molecule has 0 unspecified atom stereocenters. The first kappa shape index (κ1) is 25.9. The van der Waals surface area contributed by atoms with Gasteiger partial charge in [0.25, 0.3) is 5.91 Å². The topological polar surface area (TPSA) is 74.6 Å². The summed E-state index contributed by atoms with van der Waals surface area (Å²) in [6, 6.07) is 16.6. The Morgan fingerprint density at radius 1 is 0.919 bits per heavy atom. The molecule has 4 rings (SSSR count). The van der Waals surface area contributed by atoms with Crippen molar-refractivity contribution in [2.45, 2.75) is 6.18 Å². The number of halogens is 4. The van der Waals surface area contributed by atoms with Crippen LogP contribution in [0.4, 0.5) is 18.9 Å². The minimum absolute atomic E-state index is 0.164. The van der Waals surface area contributed by atoms with Crippen LogP contribution in [0, 0.1) is 0 Å². The lowest BCUT2D eigenvalue weighted by molar-refractivity contribution is -0.141. The van der Waals surface area contributed by atoms with Crippen molar-refractivity contribution in [3.8, 4) is 34.2 Å². The molecule has 1 aromatic heterocycles. The van der Waals surface area contributed by atoms with Gasteiger partial charge in [-0.3, -0.25) is 4.79 Å². The van der Waals surface area contributed by atoms with Crippen LogP contribution in [0.5, 0.6) is 17.2 Å². The fourth-order valence-electron chi connectivity index (χ4n) is 3.68. The smallest absolute Gasteiger partial charge is 0.435 e. The second kappa shape index (κ2) is 10.4. The molecule has 11 heteroatoms. The van der Waals surface area contributed by atoms with Crippen LogP contribution >= 0.6 is 11.6 Å². The number of aromatic nitrogens is 2. The second-order valence-electron chi connectivity index (χ2n) is 7.72. The Balaban J connectivity index is 1.65. The third-order valence-electron chi connectivity index (χ3n) is 5.45. The number of anilines is 1. The standard InChI is InChI=1S/C26H21ClF3N3O4/c1-35-21-12-17(13-22(36-2)24(21)37-3)31-25(34)16-10-8-15(9-11-16)20-14-23(26(28,29)30)32-33(20)19-7-5-4-6-18(19)27/h4-14H,1-3H3,(H,31,34). The van der Waals surface area contributed by atoms with Gasteiger partial charge in [-0.25, -0.2) is 4.68 Å². The second-order valence-corrected chi connectivity index (χ2v) is 8.13. The van der Waals surface area contributed by atoms with Crippen LogP contribution in [0.2, 0.25) is 5.02 Å². The first-order valence-corrected chi connectivity index (χ1v) is 11.2. The van der Waals surface area contributed by atoms with Crippen molar-refractivity contribution in [3.05, 3.63) is 83.0 Å². The lowest BCUT2D eigenvalue weighted by atomic mass is 10.1. The molecule has 7 nitrogen and oxygen atoms in total. The van der Waals surface area contributed by atoms with Gasteiger partial charge >= 0.3 is 6.18 Å². The van der Waals surface area contributed by atoms with Crippen molar-refractivity contribution >= 4 is 23.2 Å². The molecule has 0 radical (unpaired) electrons. The van der Waals surface area contributed by atoms with E-state index in [9.17, 15) is 18.0 Å². The van der Waals surface area contributed by atoms with Crippen LogP contribution < -0.4 is 19.5 Å². The van der Waals surface area contributed by atoms with E-state index in [1.54, 1.807) is 36.4 Å². The highest BCUT2D eigenvalue weighted by atomic mass is 35.5. The molecule has 1 heterocycles. The molecule has 192 valence electrons. The maximum atomic E-state index is 13.5. The Morgan fingerprint density at radius 2 is 1.54 bits per heavy atom. The van der Waals surface area contributed by atoms with E-state index in [1.165, 1.54) is 45.6 Å². The number of nitrogens with one attached hydrogen (secondary N) is 1. The van der Waals surface area contributed by atoms with Crippen molar-refractivity contribution in [1.29, 1.82) is 0 Å². The SMILES string of the molecule is COc1cc(NC(=O)c2ccc(-c3cc(C(F)(F)F)nn3-c3ccccc3Cl)cc2)cc(OC)c1OC. The van der Waals surface area contributed by atoms with Crippen LogP contribution in [0.3, 0.4) is 0 Å². The largest absolute Gasteiger partial charge is 0.493 e. The van der Waals surface area contributed by atoms with Crippen molar-refractivity contribution < 1.29 is 32.2 Å². The van der Waals surface area contributed by atoms with Gasteiger partial charge in [0.2, 0.25) is 5.75 Å². The highest BCUT2D eigenvalue weighted by Crippen LogP contribution is 2.40. The molecule has 0 aliphatic heterocycles. The number of ether oxygens (including phenoxy) is 3. The Labute approximate surface area is 215 Å². The molecular weight excluding hydrogens is 511 g/mol. The number of hydrogen-bond acceptors (Lipinski definition) is 5. The number of amides is 1. The van der Waals surface area contributed by atoms with Crippen molar-refractivity contribution in [3.63, 3.8) is 0 Å². The minimum Gasteiger partial charge on any atom is -0.493 e. The summed E-state index contributed by atoms with van der Waals surface area (Å²) in [4.78, 5) is 12.9. The Bertz CT molecular complexity index is 1410. The molecule has 0 aliphatic rings. The van der Waals surface area contributed by atoms with E-state index < -0.39 is 17.8 Å². The first-order chi connectivity index (χ1) is 17.7. The zero-order valence-corrected chi connectivity index (χ0v) is 20.6. The summed E-state index contributed by atoms with van der Waals surface area (Å²) in [5.41, 5.74) is 0.474. The lowest BCUT2D eigenvalue weighted by Crippen LogP contribution is -2.12. The zero-order chi connectivity index (χ0) is 26.7. The van der Waals surface area contributed by atoms with E-state index in [-0.39, 0.29) is 16.3 Å². The van der Waals surface area contributed by atoms with E-state index in [2.05, 4.69) is 10.4 Å². The summed E-state index contributed by atoms with van der Waals surface area (Å²) in [5.74, 6) is 0.652. The van der Waals surface area contributed by atoms with Crippen LogP contribution in [0.25, 0.3) is 16.9 Å². The molecule has 37 heavy (non-hydrogen) atoms. The fourth-order valence-corrected chi connectivity index (χ4v) is 3.90. The summed E-state index contributed by atoms with van der Waals surface area (Å²) in [6.45, 7) is 0. The van der Waals surface area contributed by atoms with E-state index in [0.717, 1.165) is 10.7 Å². The molecule has 0 saturated heterocycles. The zero-order valence-electron chi connectivity index (χ0n) is 19.9. The van der Waals surface area contributed by atoms with E-state index in [4.69, 9.17) is 25.8 Å². The predicted molar refractivity (Wildman–Crippen MR) is 133 cm³/mol. The monoisotopic (exact) mass is 531 g/mol. The van der Waals surface area contributed by atoms with Crippen LogP contribution in [0.1, 0.15) is 16.1 Å². The quantitative estimate of drug-likeness (QED) is 0.295. The van der Waals surface area contributed by atoms with Crippen molar-refractivity contribution in [1.82, 2.24) is 9.78 Å². The number of para-hydroxylation sites is 1. The number of benzene rings is 3. The van der Waals surface area contributed by atoms with Gasteiger partial charge in [-0.05, 0) is 30.3 Å². The maximum Gasteiger partial charge on any atom is 0.435 e. The van der Waals surface area contributed by atoms with Crippen molar-refractivity contribution in [2.75, 3.05) is 26.6 Å². The molecule has 0 aliphatic carbocycles. The summed E-state index contributed by atoms with van der Waals surface area (Å²) < 4.78 is 57.4. The minimum atomic E-state index is -4.65. The molecular formula is C26H21ClF3N3O4. The summed E-state index contributed by atoms with van der Waals surface area (Å²) in [7, 11) is 4.38. The van der Waals surface area contributed by atoms with E-state index in [0.29, 0.717) is 34.2 Å². The van der Waals surface area contributed by atoms with Gasteiger partial charge in [0.15, 0.2) is 17.2 Å². The maximum absolute atomic E-state index is 13.5. The van der Waals surface area contributed by atoms with Crippen LogP contribution in [0.15, 0.2) is 66.7 Å². The Hall–Kier alpha value is -4.18. The molecule has 0 fully saturated rings. The third-order valence-corrected chi connectivity index (χ3v) is 5.77. The molecule has 1 N–H and O–H groups in total. The number of carbonyl (C=O) groups is 1. The lowest BCUT2D eigenvalue weighted by Gasteiger charge is -2.14. The highest BCUT2D eigenvalue weighted by Gasteiger charge is 2.35. The van der Waals surface area contributed by atoms with E-state index >= 15 is 0 Å². The number of nitrogens with zero attached hydrogens (tertiary/aromatic N) is 2. The summed E-state index contributed by atoms with van der Waals surface area (Å²) in [5, 5.41) is 6.73. The molecule has 0 spiro atoms. The van der Waals surface area contributed by atoms with E-state index in [1.807, 2.05) is 0 Å². The number of hydrogen-bond donors (Lipinski definition) is 1. The molecule has 1 amide bonds. The Morgan fingerprint density at radius 3 is 2.08 bits per heavy atom. The van der Waals surface area contributed by atoms with Gasteiger partial charge in [0, 0.05) is 28.9 Å². The summed E-state index contributed by atoms with van der Waals surface area (Å²) in [6.07, 6.45) is -4.65. The van der Waals surface area contributed by atoms with Crippen LogP contribution in [-0.4, -0.2) is 37.0 Å². The molecule has 0 atom stereocenters. The molecule has 4 aromatic rings. The Kier molecular flexibility index (Phi) is 7.30. The van der Waals surface area contributed by atoms with Crippen molar-refractivity contribution in [2.24, 2.45) is 0 Å². The molecule has 3 aromatic carbocycles. The normalized spacial score (nSPS) is 11.2. The molecule has 0 saturated carbocycles. The molecule has 0 bridgehead atoms.